The smallest absolute Gasteiger partial charge is 0.163 e. The first kappa shape index (κ1) is 13.1. The molecule has 1 atom stereocenters. The molecule has 5 heteroatoms. The van der Waals surface area contributed by atoms with Crippen LogP contribution in [0.3, 0.4) is 0 Å². The van der Waals surface area contributed by atoms with Gasteiger partial charge in [-0.3, -0.25) is 4.90 Å². The molecular formula is C14H24N4O. The number of ether oxygens (including phenoxy) is 1. The summed E-state index contributed by atoms with van der Waals surface area (Å²) < 4.78 is 7.80. The number of hydrogen-bond acceptors (Lipinski definition) is 4. The van der Waals surface area contributed by atoms with Crippen LogP contribution >= 0.6 is 0 Å². The van der Waals surface area contributed by atoms with E-state index in [4.69, 9.17) is 4.74 Å². The van der Waals surface area contributed by atoms with Crippen molar-refractivity contribution in [1.29, 1.82) is 0 Å². The highest BCUT2D eigenvalue weighted by atomic mass is 16.5. The van der Waals surface area contributed by atoms with Gasteiger partial charge in [0.25, 0.3) is 0 Å². The lowest BCUT2D eigenvalue weighted by Gasteiger charge is -2.32. The SMILES string of the molecule is Cn1cnnc1C1CN(CCC2CCCC2)CCO1. The van der Waals surface area contributed by atoms with Gasteiger partial charge in [0.1, 0.15) is 12.4 Å². The van der Waals surface area contributed by atoms with Gasteiger partial charge in [0, 0.05) is 20.1 Å². The van der Waals surface area contributed by atoms with Gasteiger partial charge >= 0.3 is 0 Å². The molecule has 0 radical (unpaired) electrons. The molecule has 106 valence electrons. The highest BCUT2D eigenvalue weighted by Crippen LogP contribution is 2.28. The summed E-state index contributed by atoms with van der Waals surface area (Å²) in [6.45, 7) is 4.03. The summed E-state index contributed by atoms with van der Waals surface area (Å²) in [6.07, 6.45) is 8.95. The Bertz CT molecular complexity index is 400. The van der Waals surface area contributed by atoms with Gasteiger partial charge in [-0.1, -0.05) is 25.7 Å². The van der Waals surface area contributed by atoms with E-state index in [1.54, 1.807) is 6.33 Å². The van der Waals surface area contributed by atoms with E-state index < -0.39 is 0 Å². The molecular weight excluding hydrogens is 240 g/mol. The van der Waals surface area contributed by atoms with E-state index in [1.165, 1.54) is 38.6 Å². The number of aromatic nitrogens is 3. The molecule has 2 heterocycles. The third kappa shape index (κ3) is 3.15. The van der Waals surface area contributed by atoms with Crippen LogP contribution in [0.2, 0.25) is 0 Å². The third-order valence-corrected chi connectivity index (χ3v) is 4.51. The van der Waals surface area contributed by atoms with E-state index in [1.807, 2.05) is 11.6 Å². The van der Waals surface area contributed by atoms with Crippen LogP contribution in [0.5, 0.6) is 0 Å². The van der Waals surface area contributed by atoms with Gasteiger partial charge in [-0.2, -0.15) is 0 Å². The van der Waals surface area contributed by atoms with E-state index in [-0.39, 0.29) is 6.10 Å². The lowest BCUT2D eigenvalue weighted by molar-refractivity contribution is -0.0369. The maximum absolute atomic E-state index is 5.84. The summed E-state index contributed by atoms with van der Waals surface area (Å²) in [5.41, 5.74) is 0. The summed E-state index contributed by atoms with van der Waals surface area (Å²) in [4.78, 5) is 2.53. The zero-order chi connectivity index (χ0) is 13.1. The van der Waals surface area contributed by atoms with Crippen LogP contribution in [0.15, 0.2) is 6.33 Å². The Labute approximate surface area is 114 Å². The van der Waals surface area contributed by atoms with Crippen molar-refractivity contribution in [2.75, 3.05) is 26.2 Å². The molecule has 3 rings (SSSR count). The van der Waals surface area contributed by atoms with Gasteiger partial charge in [-0.25, -0.2) is 0 Å². The van der Waals surface area contributed by atoms with Crippen molar-refractivity contribution in [1.82, 2.24) is 19.7 Å². The summed E-state index contributed by atoms with van der Waals surface area (Å²) in [7, 11) is 1.98. The Kier molecular flexibility index (Phi) is 4.13. The predicted octanol–water partition coefficient (Wildman–Crippen LogP) is 1.77. The maximum Gasteiger partial charge on any atom is 0.163 e. The average Bonchev–Trinajstić information content (AvgIpc) is 3.08. The second kappa shape index (κ2) is 6.01. The van der Waals surface area contributed by atoms with E-state index in [2.05, 4.69) is 15.1 Å². The van der Waals surface area contributed by atoms with Crippen LogP contribution in [-0.2, 0) is 11.8 Å². The summed E-state index contributed by atoms with van der Waals surface area (Å²) in [6, 6.07) is 0. The van der Waals surface area contributed by atoms with Crippen molar-refractivity contribution in [3.8, 4) is 0 Å². The standard InChI is InChI=1S/C14H24N4O/c1-17-11-15-16-14(17)13-10-18(8-9-19-13)7-6-12-4-2-3-5-12/h11-13H,2-10H2,1H3. The Morgan fingerprint density at radius 2 is 2.21 bits per heavy atom. The quantitative estimate of drug-likeness (QED) is 0.831. The second-order valence-corrected chi connectivity index (χ2v) is 5.90. The molecule has 0 spiro atoms. The highest BCUT2D eigenvalue weighted by molar-refractivity contribution is 4.94. The van der Waals surface area contributed by atoms with E-state index in [0.717, 1.165) is 31.4 Å². The molecule has 1 saturated carbocycles. The Balaban J connectivity index is 1.51. The normalized spacial score (nSPS) is 26.1. The molecule has 1 aliphatic heterocycles. The highest BCUT2D eigenvalue weighted by Gasteiger charge is 2.26. The predicted molar refractivity (Wildman–Crippen MR) is 72.7 cm³/mol. The molecule has 0 aromatic carbocycles. The molecule has 5 nitrogen and oxygen atoms in total. The average molecular weight is 264 g/mol. The molecule has 2 fully saturated rings. The third-order valence-electron chi connectivity index (χ3n) is 4.51. The first-order valence-corrected chi connectivity index (χ1v) is 7.51. The van der Waals surface area contributed by atoms with E-state index >= 15 is 0 Å². The van der Waals surface area contributed by atoms with Crippen molar-refractivity contribution >= 4 is 0 Å². The Morgan fingerprint density at radius 3 is 2.95 bits per heavy atom. The summed E-state index contributed by atoms with van der Waals surface area (Å²) in [5.74, 6) is 1.92. The van der Waals surface area contributed by atoms with Crippen molar-refractivity contribution < 1.29 is 4.74 Å². The molecule has 1 aliphatic carbocycles. The number of rotatable bonds is 4. The van der Waals surface area contributed by atoms with Crippen LogP contribution in [0.1, 0.15) is 44.0 Å². The van der Waals surface area contributed by atoms with Crippen LogP contribution in [0, 0.1) is 5.92 Å². The van der Waals surface area contributed by atoms with E-state index in [0.29, 0.717) is 0 Å². The molecule has 0 N–H and O–H groups in total. The first-order chi connectivity index (χ1) is 9.33. The van der Waals surface area contributed by atoms with Gasteiger partial charge in [0.05, 0.1) is 6.61 Å². The van der Waals surface area contributed by atoms with Crippen LogP contribution in [-0.4, -0.2) is 45.9 Å². The van der Waals surface area contributed by atoms with E-state index in [9.17, 15) is 0 Å². The molecule has 19 heavy (non-hydrogen) atoms. The summed E-state index contributed by atoms with van der Waals surface area (Å²) in [5, 5.41) is 8.12. The van der Waals surface area contributed by atoms with Crippen molar-refractivity contribution in [3.05, 3.63) is 12.2 Å². The molecule has 0 bridgehead atoms. The fourth-order valence-electron chi connectivity index (χ4n) is 3.31. The fraction of sp³-hybridized carbons (Fsp3) is 0.857. The molecule has 0 amide bonds. The van der Waals surface area contributed by atoms with Crippen LogP contribution < -0.4 is 0 Å². The van der Waals surface area contributed by atoms with Crippen molar-refractivity contribution in [2.24, 2.45) is 13.0 Å². The van der Waals surface area contributed by atoms with Crippen molar-refractivity contribution in [2.45, 2.75) is 38.2 Å². The second-order valence-electron chi connectivity index (χ2n) is 5.90. The van der Waals surface area contributed by atoms with Crippen LogP contribution in [0.4, 0.5) is 0 Å². The Hall–Kier alpha value is -0.940. The molecule has 1 saturated heterocycles. The zero-order valence-corrected chi connectivity index (χ0v) is 11.8. The minimum Gasteiger partial charge on any atom is -0.368 e. The van der Waals surface area contributed by atoms with Gasteiger partial charge in [0.2, 0.25) is 0 Å². The lowest BCUT2D eigenvalue weighted by Crippen LogP contribution is -2.40. The summed E-state index contributed by atoms with van der Waals surface area (Å²) >= 11 is 0. The topological polar surface area (TPSA) is 43.2 Å². The molecule has 2 aliphatic rings. The number of morpholine rings is 1. The number of hydrogen-bond donors (Lipinski definition) is 0. The lowest BCUT2D eigenvalue weighted by atomic mass is 10.0. The van der Waals surface area contributed by atoms with Gasteiger partial charge in [-0.15, -0.1) is 10.2 Å². The van der Waals surface area contributed by atoms with Gasteiger partial charge in [0.15, 0.2) is 5.82 Å². The van der Waals surface area contributed by atoms with Gasteiger partial charge < -0.3 is 9.30 Å². The molecule has 1 unspecified atom stereocenters. The molecule has 1 aromatic heterocycles. The first-order valence-electron chi connectivity index (χ1n) is 7.51. The Morgan fingerprint density at radius 1 is 1.37 bits per heavy atom. The van der Waals surface area contributed by atoms with Gasteiger partial charge in [-0.05, 0) is 18.9 Å². The maximum atomic E-state index is 5.84. The minimum absolute atomic E-state index is 0.0878. The zero-order valence-electron chi connectivity index (χ0n) is 11.8. The largest absolute Gasteiger partial charge is 0.368 e. The fourth-order valence-corrected chi connectivity index (χ4v) is 3.31. The monoisotopic (exact) mass is 264 g/mol. The minimum atomic E-state index is 0.0878. The molecule has 1 aromatic rings. The number of aryl methyl sites for hydroxylation is 1. The van der Waals surface area contributed by atoms with Crippen LogP contribution in [0.25, 0.3) is 0 Å². The van der Waals surface area contributed by atoms with Crippen molar-refractivity contribution in [3.63, 3.8) is 0 Å². The number of nitrogens with zero attached hydrogens (tertiary/aromatic N) is 4.